The lowest BCUT2D eigenvalue weighted by atomic mass is 10.1. The summed E-state index contributed by atoms with van der Waals surface area (Å²) in [6.45, 7) is 3.66. The third-order valence-corrected chi connectivity index (χ3v) is 2.19. The van der Waals surface area contributed by atoms with Gasteiger partial charge in [0.1, 0.15) is 5.15 Å². The molecule has 5 nitrogen and oxygen atoms in total. The molecule has 88 valence electrons. The first kappa shape index (κ1) is 12.9. The van der Waals surface area contributed by atoms with E-state index in [0.717, 1.165) is 0 Å². The molecule has 0 spiro atoms. The first-order chi connectivity index (χ1) is 7.43. The van der Waals surface area contributed by atoms with Crippen LogP contribution in [0.5, 0.6) is 0 Å². The molecule has 0 aromatic carbocycles. The van der Waals surface area contributed by atoms with Gasteiger partial charge >= 0.3 is 0 Å². The number of ether oxygens (including phenoxy) is 1. The molecule has 1 aromatic heterocycles. The Hall–Kier alpha value is -1.20. The second-order valence-corrected chi connectivity index (χ2v) is 4.30. The molecule has 0 atom stereocenters. The molecule has 0 saturated heterocycles. The zero-order chi connectivity index (χ0) is 12.2. The summed E-state index contributed by atoms with van der Waals surface area (Å²) in [5.74, 6) is 0.146. The van der Waals surface area contributed by atoms with Gasteiger partial charge in [-0.25, -0.2) is 4.98 Å². The van der Waals surface area contributed by atoms with Gasteiger partial charge in [-0.05, 0) is 13.8 Å². The van der Waals surface area contributed by atoms with E-state index in [4.69, 9.17) is 16.3 Å². The third-order valence-electron chi connectivity index (χ3n) is 2.01. The SMILES string of the molecule is COC(C)(C)CC(=O)Nc1cncc(Cl)n1. The molecule has 0 aliphatic heterocycles. The highest BCUT2D eigenvalue weighted by molar-refractivity contribution is 6.29. The number of carbonyl (C=O) groups is 1. The smallest absolute Gasteiger partial charge is 0.228 e. The molecule has 0 saturated carbocycles. The van der Waals surface area contributed by atoms with Gasteiger partial charge in [-0.2, -0.15) is 0 Å². The zero-order valence-electron chi connectivity index (χ0n) is 9.45. The first-order valence-electron chi connectivity index (χ1n) is 4.75. The summed E-state index contributed by atoms with van der Waals surface area (Å²) in [6, 6.07) is 0. The number of carbonyl (C=O) groups excluding carboxylic acids is 1. The quantitative estimate of drug-likeness (QED) is 0.877. The fraction of sp³-hybridized carbons (Fsp3) is 0.500. The zero-order valence-corrected chi connectivity index (χ0v) is 10.2. The minimum Gasteiger partial charge on any atom is -0.378 e. The minimum absolute atomic E-state index is 0.191. The number of nitrogens with one attached hydrogen (secondary N) is 1. The Morgan fingerprint density at radius 2 is 2.25 bits per heavy atom. The molecule has 1 heterocycles. The molecule has 6 heteroatoms. The Kier molecular flexibility index (Phi) is 4.20. The number of amides is 1. The number of nitrogens with zero attached hydrogens (tertiary/aromatic N) is 2. The maximum Gasteiger partial charge on any atom is 0.228 e. The second kappa shape index (κ2) is 5.23. The van der Waals surface area contributed by atoms with E-state index in [1.165, 1.54) is 12.4 Å². The van der Waals surface area contributed by atoms with E-state index in [1.54, 1.807) is 7.11 Å². The number of rotatable bonds is 4. The van der Waals surface area contributed by atoms with Gasteiger partial charge in [-0.15, -0.1) is 0 Å². The van der Waals surface area contributed by atoms with Crippen molar-refractivity contribution in [3.63, 3.8) is 0 Å². The number of anilines is 1. The fourth-order valence-electron chi connectivity index (χ4n) is 1.05. The van der Waals surface area contributed by atoms with Gasteiger partial charge in [0, 0.05) is 7.11 Å². The van der Waals surface area contributed by atoms with Gasteiger partial charge < -0.3 is 10.1 Å². The van der Waals surface area contributed by atoms with Crippen LogP contribution in [0.3, 0.4) is 0 Å². The topological polar surface area (TPSA) is 64.1 Å². The van der Waals surface area contributed by atoms with E-state index in [9.17, 15) is 4.79 Å². The largest absolute Gasteiger partial charge is 0.378 e. The van der Waals surface area contributed by atoms with Gasteiger partial charge in [0.2, 0.25) is 5.91 Å². The normalized spacial score (nSPS) is 11.2. The summed E-state index contributed by atoms with van der Waals surface area (Å²) in [5.41, 5.74) is -0.504. The molecule has 0 aliphatic rings. The fourth-order valence-corrected chi connectivity index (χ4v) is 1.20. The van der Waals surface area contributed by atoms with E-state index >= 15 is 0 Å². The summed E-state index contributed by atoms with van der Waals surface area (Å²) in [7, 11) is 1.56. The van der Waals surface area contributed by atoms with Crippen LogP contribution in [0, 0.1) is 0 Å². The second-order valence-electron chi connectivity index (χ2n) is 3.92. The number of hydrogen-bond donors (Lipinski definition) is 1. The molecule has 0 fully saturated rings. The van der Waals surface area contributed by atoms with Crippen molar-refractivity contribution >= 4 is 23.3 Å². The van der Waals surface area contributed by atoms with Gasteiger partial charge in [0.05, 0.1) is 24.4 Å². The number of methoxy groups -OCH3 is 1. The molecule has 0 unspecified atom stereocenters. The Morgan fingerprint density at radius 3 is 2.81 bits per heavy atom. The highest BCUT2D eigenvalue weighted by atomic mass is 35.5. The van der Waals surface area contributed by atoms with Crippen molar-refractivity contribution in [2.75, 3.05) is 12.4 Å². The van der Waals surface area contributed by atoms with Crippen LogP contribution in [0.15, 0.2) is 12.4 Å². The summed E-state index contributed by atoms with van der Waals surface area (Å²) in [5, 5.41) is 2.84. The molecular formula is C10H14ClN3O2. The van der Waals surface area contributed by atoms with Crippen molar-refractivity contribution in [3.8, 4) is 0 Å². The van der Waals surface area contributed by atoms with Gasteiger partial charge in [-0.1, -0.05) is 11.6 Å². The molecule has 0 bridgehead atoms. The lowest BCUT2D eigenvalue weighted by Crippen LogP contribution is -2.29. The highest BCUT2D eigenvalue weighted by Crippen LogP contribution is 2.14. The number of hydrogen-bond acceptors (Lipinski definition) is 4. The summed E-state index contributed by atoms with van der Waals surface area (Å²) < 4.78 is 5.15. The van der Waals surface area contributed by atoms with Crippen LogP contribution in [0.2, 0.25) is 5.15 Å². The standard InChI is InChI=1S/C10H14ClN3O2/c1-10(2,16-3)4-9(15)14-8-6-12-5-7(11)13-8/h5-6H,4H2,1-3H3,(H,13,14,15). The first-order valence-corrected chi connectivity index (χ1v) is 5.13. The van der Waals surface area contributed by atoms with Gasteiger partial charge in [0.25, 0.3) is 0 Å². The minimum atomic E-state index is -0.504. The van der Waals surface area contributed by atoms with E-state index < -0.39 is 5.60 Å². The van der Waals surface area contributed by atoms with E-state index in [2.05, 4.69) is 15.3 Å². The third kappa shape index (κ3) is 4.12. The van der Waals surface area contributed by atoms with Gasteiger partial charge in [-0.3, -0.25) is 9.78 Å². The maximum atomic E-state index is 11.6. The average molecular weight is 244 g/mol. The lowest BCUT2D eigenvalue weighted by Gasteiger charge is -2.21. The molecule has 0 radical (unpaired) electrons. The maximum absolute atomic E-state index is 11.6. The monoisotopic (exact) mass is 243 g/mol. The van der Waals surface area contributed by atoms with E-state index in [0.29, 0.717) is 5.82 Å². The van der Waals surface area contributed by atoms with E-state index in [-0.39, 0.29) is 17.5 Å². The summed E-state index contributed by atoms with van der Waals surface area (Å²) >= 11 is 5.64. The van der Waals surface area contributed by atoms with Crippen LogP contribution >= 0.6 is 11.6 Å². The number of halogens is 1. The molecule has 1 aromatic rings. The number of aromatic nitrogens is 2. The molecular weight excluding hydrogens is 230 g/mol. The van der Waals surface area contributed by atoms with Crippen LogP contribution in [0.4, 0.5) is 5.82 Å². The lowest BCUT2D eigenvalue weighted by molar-refractivity contribution is -0.121. The molecule has 1 N–H and O–H groups in total. The molecule has 1 amide bonds. The average Bonchev–Trinajstić information content (AvgIpc) is 2.16. The van der Waals surface area contributed by atoms with Crippen LogP contribution in [0.25, 0.3) is 0 Å². The predicted molar refractivity (Wildman–Crippen MR) is 61.4 cm³/mol. The highest BCUT2D eigenvalue weighted by Gasteiger charge is 2.21. The van der Waals surface area contributed by atoms with Crippen molar-refractivity contribution < 1.29 is 9.53 Å². The van der Waals surface area contributed by atoms with Crippen molar-refractivity contribution in [2.24, 2.45) is 0 Å². The summed E-state index contributed by atoms with van der Waals surface area (Å²) in [4.78, 5) is 19.3. The van der Waals surface area contributed by atoms with Crippen molar-refractivity contribution in [1.82, 2.24) is 9.97 Å². The van der Waals surface area contributed by atoms with Crippen molar-refractivity contribution in [2.45, 2.75) is 25.9 Å². The van der Waals surface area contributed by atoms with Crippen LogP contribution in [0.1, 0.15) is 20.3 Å². The Morgan fingerprint density at radius 1 is 1.56 bits per heavy atom. The molecule has 1 rings (SSSR count). The molecule has 16 heavy (non-hydrogen) atoms. The van der Waals surface area contributed by atoms with Crippen LogP contribution in [-0.2, 0) is 9.53 Å². The van der Waals surface area contributed by atoms with Crippen molar-refractivity contribution in [3.05, 3.63) is 17.5 Å². The Bertz CT molecular complexity index is 382. The van der Waals surface area contributed by atoms with Crippen LogP contribution in [-0.4, -0.2) is 28.6 Å². The molecule has 0 aliphatic carbocycles. The summed E-state index contributed by atoms with van der Waals surface area (Å²) in [6.07, 6.45) is 3.07. The Labute approximate surface area is 99.2 Å². The van der Waals surface area contributed by atoms with Crippen LogP contribution < -0.4 is 5.32 Å². The Balaban J connectivity index is 2.59. The van der Waals surface area contributed by atoms with Gasteiger partial charge in [0.15, 0.2) is 5.82 Å². The van der Waals surface area contributed by atoms with E-state index in [1.807, 2.05) is 13.8 Å². The van der Waals surface area contributed by atoms with Crippen molar-refractivity contribution in [1.29, 1.82) is 0 Å². The predicted octanol–water partition coefficient (Wildman–Crippen LogP) is 1.88.